The number of nitrogens with zero attached hydrogens (tertiary/aromatic N) is 1. The highest BCUT2D eigenvalue weighted by Gasteiger charge is 2.50. The predicted molar refractivity (Wildman–Crippen MR) is 101 cm³/mol. The average Bonchev–Trinajstić information content (AvgIpc) is 2.93. The first-order valence-electron chi connectivity index (χ1n) is 8.74. The number of amides is 4. The Kier molecular flexibility index (Phi) is 5.21. The molecular weight excluding hydrogens is 362 g/mol. The van der Waals surface area contributed by atoms with Gasteiger partial charge in [-0.25, -0.2) is 4.79 Å². The van der Waals surface area contributed by atoms with Gasteiger partial charge in [0.2, 0.25) is 0 Å². The quantitative estimate of drug-likeness (QED) is 0.746. The molecule has 1 atom stereocenters. The Labute approximate surface area is 162 Å². The Morgan fingerprint density at radius 2 is 1.86 bits per heavy atom. The molecule has 2 aromatic rings. The van der Waals surface area contributed by atoms with Crippen LogP contribution < -0.4 is 20.2 Å². The number of carbonyl (C=O) groups excluding carboxylic acids is 3. The van der Waals surface area contributed by atoms with Crippen molar-refractivity contribution in [1.29, 1.82) is 0 Å². The summed E-state index contributed by atoms with van der Waals surface area (Å²) in [5, 5.41) is 3.32. The number of ether oxygens (including phenoxy) is 2. The van der Waals surface area contributed by atoms with E-state index >= 15 is 0 Å². The molecule has 0 bridgehead atoms. The van der Waals surface area contributed by atoms with E-state index in [1.54, 1.807) is 55.5 Å². The summed E-state index contributed by atoms with van der Waals surface area (Å²) < 4.78 is 10.5. The van der Waals surface area contributed by atoms with Crippen molar-refractivity contribution in [3.05, 3.63) is 59.7 Å². The highest BCUT2D eigenvalue weighted by molar-refractivity contribution is 6.09. The standard InChI is InChI=1S/C20H21N3O5/c1-4-28-15-10-8-13(9-11-15)17(24)22-23-18(25)20(2,21-19(23)26)14-6-5-7-16(12-14)27-3/h5-12H,4H2,1-3H3,(H,21,26)(H,22,24)/t20-/m1/s1. The fraction of sp³-hybridized carbons (Fsp3) is 0.250. The van der Waals surface area contributed by atoms with E-state index < -0.39 is 23.4 Å². The van der Waals surface area contributed by atoms with Crippen LogP contribution in [0.25, 0.3) is 0 Å². The van der Waals surface area contributed by atoms with Crippen LogP contribution in [0.15, 0.2) is 48.5 Å². The molecule has 1 fully saturated rings. The van der Waals surface area contributed by atoms with E-state index in [9.17, 15) is 14.4 Å². The Hall–Kier alpha value is -3.55. The van der Waals surface area contributed by atoms with E-state index in [1.807, 2.05) is 6.92 Å². The van der Waals surface area contributed by atoms with Crippen LogP contribution >= 0.6 is 0 Å². The van der Waals surface area contributed by atoms with Crippen LogP contribution in [-0.2, 0) is 10.3 Å². The second-order valence-electron chi connectivity index (χ2n) is 6.33. The highest BCUT2D eigenvalue weighted by atomic mass is 16.5. The molecule has 3 rings (SSSR count). The van der Waals surface area contributed by atoms with Crippen molar-refractivity contribution in [3.8, 4) is 11.5 Å². The molecule has 8 heteroatoms. The minimum atomic E-state index is -1.32. The summed E-state index contributed by atoms with van der Waals surface area (Å²) in [4.78, 5) is 37.7. The third-order valence-electron chi connectivity index (χ3n) is 4.48. The van der Waals surface area contributed by atoms with Gasteiger partial charge in [0.05, 0.1) is 13.7 Å². The third-order valence-corrected chi connectivity index (χ3v) is 4.48. The third kappa shape index (κ3) is 3.48. The Morgan fingerprint density at radius 3 is 2.50 bits per heavy atom. The normalized spacial score (nSPS) is 18.6. The summed E-state index contributed by atoms with van der Waals surface area (Å²) in [6.45, 7) is 3.94. The maximum absolute atomic E-state index is 12.9. The molecule has 0 saturated carbocycles. The lowest BCUT2D eigenvalue weighted by Gasteiger charge is -2.22. The maximum atomic E-state index is 12.9. The van der Waals surface area contributed by atoms with E-state index in [1.165, 1.54) is 7.11 Å². The van der Waals surface area contributed by atoms with Gasteiger partial charge >= 0.3 is 6.03 Å². The molecular formula is C20H21N3O5. The lowest BCUT2D eigenvalue weighted by atomic mass is 9.92. The first-order valence-corrected chi connectivity index (χ1v) is 8.74. The van der Waals surface area contributed by atoms with Gasteiger partial charge in [0.1, 0.15) is 17.0 Å². The Balaban J connectivity index is 1.78. The van der Waals surface area contributed by atoms with E-state index in [4.69, 9.17) is 9.47 Å². The molecule has 8 nitrogen and oxygen atoms in total. The van der Waals surface area contributed by atoms with Crippen LogP contribution in [0.4, 0.5) is 4.79 Å². The molecule has 4 amide bonds. The first kappa shape index (κ1) is 19.2. The molecule has 0 aromatic heterocycles. The second-order valence-corrected chi connectivity index (χ2v) is 6.33. The van der Waals surface area contributed by atoms with Gasteiger partial charge < -0.3 is 14.8 Å². The zero-order valence-corrected chi connectivity index (χ0v) is 15.8. The zero-order valence-electron chi connectivity index (χ0n) is 15.8. The molecule has 0 unspecified atom stereocenters. The van der Waals surface area contributed by atoms with Crippen molar-refractivity contribution in [2.45, 2.75) is 19.4 Å². The van der Waals surface area contributed by atoms with Crippen molar-refractivity contribution in [2.24, 2.45) is 0 Å². The average molecular weight is 383 g/mol. The first-order chi connectivity index (χ1) is 13.4. The van der Waals surface area contributed by atoms with Crippen LogP contribution in [0.1, 0.15) is 29.8 Å². The topological polar surface area (TPSA) is 97.0 Å². The number of methoxy groups -OCH3 is 1. The molecule has 28 heavy (non-hydrogen) atoms. The van der Waals surface area contributed by atoms with Crippen LogP contribution in [0.5, 0.6) is 11.5 Å². The number of imide groups is 1. The summed E-state index contributed by atoms with van der Waals surface area (Å²) in [7, 11) is 1.51. The number of rotatable bonds is 6. The molecule has 2 N–H and O–H groups in total. The van der Waals surface area contributed by atoms with Gasteiger partial charge in [-0.15, -0.1) is 0 Å². The van der Waals surface area contributed by atoms with Crippen molar-refractivity contribution in [2.75, 3.05) is 13.7 Å². The SMILES string of the molecule is CCOc1ccc(C(=O)NN2C(=O)N[C@](C)(c3cccc(OC)c3)C2=O)cc1. The van der Waals surface area contributed by atoms with Gasteiger partial charge in [-0.3, -0.25) is 15.0 Å². The Bertz CT molecular complexity index is 912. The van der Waals surface area contributed by atoms with Crippen LogP contribution in [-0.4, -0.2) is 36.6 Å². The van der Waals surface area contributed by atoms with Gasteiger partial charge in [-0.05, 0) is 55.8 Å². The highest BCUT2D eigenvalue weighted by Crippen LogP contribution is 2.30. The van der Waals surface area contributed by atoms with Crippen molar-refractivity contribution < 1.29 is 23.9 Å². The summed E-state index contributed by atoms with van der Waals surface area (Å²) in [5.74, 6) is 0.00349. The molecule has 146 valence electrons. The minimum Gasteiger partial charge on any atom is -0.497 e. The van der Waals surface area contributed by atoms with Crippen LogP contribution in [0.2, 0.25) is 0 Å². The number of carbonyl (C=O) groups is 3. The zero-order chi connectivity index (χ0) is 20.3. The smallest absolute Gasteiger partial charge is 0.344 e. The molecule has 0 radical (unpaired) electrons. The summed E-state index contributed by atoms with van der Waals surface area (Å²) in [6.07, 6.45) is 0. The van der Waals surface area contributed by atoms with Gasteiger partial charge in [0, 0.05) is 5.56 Å². The van der Waals surface area contributed by atoms with E-state index in [0.29, 0.717) is 34.2 Å². The predicted octanol–water partition coefficient (Wildman–Crippen LogP) is 2.21. The summed E-state index contributed by atoms with van der Waals surface area (Å²) in [5.41, 5.74) is 1.87. The van der Waals surface area contributed by atoms with Gasteiger partial charge in [0.25, 0.3) is 11.8 Å². The largest absolute Gasteiger partial charge is 0.497 e. The van der Waals surface area contributed by atoms with Crippen molar-refractivity contribution >= 4 is 17.8 Å². The molecule has 1 aliphatic heterocycles. The number of nitrogens with one attached hydrogen (secondary N) is 2. The number of hydrogen-bond donors (Lipinski definition) is 2. The lowest BCUT2D eigenvalue weighted by molar-refractivity contribution is -0.132. The number of urea groups is 1. The monoisotopic (exact) mass is 383 g/mol. The van der Waals surface area contributed by atoms with Gasteiger partial charge in [0.15, 0.2) is 0 Å². The van der Waals surface area contributed by atoms with E-state index in [-0.39, 0.29) is 0 Å². The van der Waals surface area contributed by atoms with Gasteiger partial charge in [-0.1, -0.05) is 12.1 Å². The van der Waals surface area contributed by atoms with Gasteiger partial charge in [-0.2, -0.15) is 5.01 Å². The minimum absolute atomic E-state index is 0.291. The fourth-order valence-corrected chi connectivity index (χ4v) is 2.91. The van der Waals surface area contributed by atoms with Crippen LogP contribution in [0.3, 0.4) is 0 Å². The van der Waals surface area contributed by atoms with Crippen LogP contribution in [0, 0.1) is 0 Å². The molecule has 2 aromatic carbocycles. The second kappa shape index (κ2) is 7.59. The van der Waals surface area contributed by atoms with Crippen molar-refractivity contribution in [3.63, 3.8) is 0 Å². The lowest BCUT2D eigenvalue weighted by Crippen LogP contribution is -2.47. The molecule has 1 aliphatic rings. The molecule has 1 saturated heterocycles. The molecule has 0 aliphatic carbocycles. The summed E-state index contributed by atoms with van der Waals surface area (Å²) >= 11 is 0. The maximum Gasteiger partial charge on any atom is 0.344 e. The van der Waals surface area contributed by atoms with E-state index in [0.717, 1.165) is 0 Å². The fourth-order valence-electron chi connectivity index (χ4n) is 2.91. The molecule has 1 heterocycles. The number of hydrogen-bond acceptors (Lipinski definition) is 5. The number of benzene rings is 2. The Morgan fingerprint density at radius 1 is 1.14 bits per heavy atom. The summed E-state index contributed by atoms with van der Waals surface area (Å²) in [6, 6.07) is 12.5. The van der Waals surface area contributed by atoms with Crippen molar-refractivity contribution in [1.82, 2.24) is 15.8 Å². The number of hydrazine groups is 1. The molecule has 0 spiro atoms. The van der Waals surface area contributed by atoms with E-state index in [2.05, 4.69) is 10.7 Å².